The zero-order valence-corrected chi connectivity index (χ0v) is 12.2. The van der Waals surface area contributed by atoms with E-state index < -0.39 is 30.1 Å². The standard InChI is InChI=1S/C16H14F2N2O3/c1-10-6-7-11(8-13(10)18)16(22)20-19-15(21)9-23-14-5-3-2-4-12(14)17/h2-8H,9H2,1H3,(H,19,21)(H,20,22). The molecule has 23 heavy (non-hydrogen) atoms. The maximum atomic E-state index is 13.4. The SMILES string of the molecule is Cc1ccc(C(=O)NNC(=O)COc2ccccc2F)cc1F. The van der Waals surface area contributed by atoms with Crippen LogP contribution in [0.2, 0.25) is 0 Å². The van der Waals surface area contributed by atoms with Gasteiger partial charge in [0.15, 0.2) is 18.2 Å². The number of ether oxygens (including phenoxy) is 1. The Bertz CT molecular complexity index is 735. The summed E-state index contributed by atoms with van der Waals surface area (Å²) in [5.41, 5.74) is 4.68. The lowest BCUT2D eigenvalue weighted by Crippen LogP contribution is -2.43. The van der Waals surface area contributed by atoms with Crippen LogP contribution in [0.15, 0.2) is 42.5 Å². The highest BCUT2D eigenvalue weighted by Crippen LogP contribution is 2.14. The smallest absolute Gasteiger partial charge is 0.276 e. The Kier molecular flexibility index (Phi) is 5.24. The van der Waals surface area contributed by atoms with E-state index in [1.165, 1.54) is 30.3 Å². The first kappa shape index (κ1) is 16.4. The zero-order chi connectivity index (χ0) is 16.8. The number of nitrogens with one attached hydrogen (secondary N) is 2. The van der Waals surface area contributed by atoms with Crippen LogP contribution in [0.3, 0.4) is 0 Å². The summed E-state index contributed by atoms with van der Waals surface area (Å²) in [7, 11) is 0. The van der Waals surface area contributed by atoms with Crippen LogP contribution in [0, 0.1) is 18.6 Å². The Labute approximate surface area is 131 Å². The van der Waals surface area contributed by atoms with Crippen molar-refractivity contribution in [3.8, 4) is 5.75 Å². The van der Waals surface area contributed by atoms with E-state index in [4.69, 9.17) is 4.74 Å². The highest BCUT2D eigenvalue weighted by Gasteiger charge is 2.10. The second kappa shape index (κ2) is 7.35. The lowest BCUT2D eigenvalue weighted by Gasteiger charge is -2.09. The maximum Gasteiger partial charge on any atom is 0.276 e. The number of hydrogen-bond acceptors (Lipinski definition) is 3. The van der Waals surface area contributed by atoms with Crippen LogP contribution in [0.4, 0.5) is 8.78 Å². The third-order valence-corrected chi connectivity index (χ3v) is 2.94. The third-order valence-electron chi connectivity index (χ3n) is 2.94. The Hall–Kier alpha value is -2.96. The van der Waals surface area contributed by atoms with Crippen LogP contribution in [-0.2, 0) is 4.79 Å². The van der Waals surface area contributed by atoms with Crippen LogP contribution in [0.25, 0.3) is 0 Å². The number of halogens is 2. The number of carbonyl (C=O) groups is 2. The van der Waals surface area contributed by atoms with Crippen molar-refractivity contribution in [1.29, 1.82) is 0 Å². The second-order valence-corrected chi connectivity index (χ2v) is 4.69. The van der Waals surface area contributed by atoms with Gasteiger partial charge in [-0.25, -0.2) is 8.78 Å². The summed E-state index contributed by atoms with van der Waals surface area (Å²) in [5, 5.41) is 0. The van der Waals surface area contributed by atoms with Gasteiger partial charge in [-0.05, 0) is 36.8 Å². The molecule has 0 fully saturated rings. The van der Waals surface area contributed by atoms with Gasteiger partial charge in [-0.2, -0.15) is 0 Å². The molecule has 0 saturated carbocycles. The summed E-state index contributed by atoms with van der Waals surface area (Å²) in [4.78, 5) is 23.3. The molecule has 0 saturated heterocycles. The second-order valence-electron chi connectivity index (χ2n) is 4.69. The molecule has 2 aromatic carbocycles. The summed E-state index contributed by atoms with van der Waals surface area (Å²) in [6.45, 7) is 1.09. The summed E-state index contributed by atoms with van der Waals surface area (Å²) in [6.07, 6.45) is 0. The third kappa shape index (κ3) is 4.50. The lowest BCUT2D eigenvalue weighted by molar-refractivity contribution is -0.123. The van der Waals surface area contributed by atoms with Crippen molar-refractivity contribution in [2.45, 2.75) is 6.92 Å². The van der Waals surface area contributed by atoms with E-state index >= 15 is 0 Å². The molecule has 7 heteroatoms. The fraction of sp³-hybridized carbons (Fsp3) is 0.125. The van der Waals surface area contributed by atoms with Gasteiger partial charge in [-0.1, -0.05) is 18.2 Å². The fourth-order valence-electron chi connectivity index (χ4n) is 1.67. The lowest BCUT2D eigenvalue weighted by atomic mass is 10.1. The van der Waals surface area contributed by atoms with Gasteiger partial charge in [0.1, 0.15) is 5.82 Å². The largest absolute Gasteiger partial charge is 0.481 e. The van der Waals surface area contributed by atoms with E-state index in [-0.39, 0.29) is 11.3 Å². The van der Waals surface area contributed by atoms with Crippen molar-refractivity contribution >= 4 is 11.8 Å². The van der Waals surface area contributed by atoms with E-state index in [0.717, 1.165) is 6.07 Å². The minimum Gasteiger partial charge on any atom is -0.481 e. The molecule has 0 aromatic heterocycles. The molecule has 0 atom stereocenters. The van der Waals surface area contributed by atoms with Crippen LogP contribution in [-0.4, -0.2) is 18.4 Å². The van der Waals surface area contributed by atoms with Gasteiger partial charge in [-0.15, -0.1) is 0 Å². The van der Waals surface area contributed by atoms with Crippen molar-refractivity contribution in [1.82, 2.24) is 10.9 Å². The highest BCUT2D eigenvalue weighted by molar-refractivity contribution is 5.95. The van der Waals surface area contributed by atoms with Crippen molar-refractivity contribution in [3.05, 3.63) is 65.2 Å². The van der Waals surface area contributed by atoms with E-state index in [2.05, 4.69) is 10.9 Å². The van der Waals surface area contributed by atoms with Crippen LogP contribution >= 0.6 is 0 Å². The number of rotatable bonds is 4. The van der Waals surface area contributed by atoms with Gasteiger partial charge in [-0.3, -0.25) is 20.4 Å². The molecule has 5 nitrogen and oxygen atoms in total. The summed E-state index contributed by atoms with van der Waals surface area (Å²) in [6, 6.07) is 9.56. The molecule has 0 radical (unpaired) electrons. The van der Waals surface area contributed by atoms with Crippen LogP contribution in [0.1, 0.15) is 15.9 Å². The number of amides is 2. The summed E-state index contributed by atoms with van der Waals surface area (Å²) < 4.78 is 31.6. The first-order valence-electron chi connectivity index (χ1n) is 6.70. The molecule has 2 N–H and O–H groups in total. The minimum absolute atomic E-state index is 0.0587. The van der Waals surface area contributed by atoms with Crippen LogP contribution < -0.4 is 15.6 Å². The molecule has 0 aliphatic rings. The van der Waals surface area contributed by atoms with Gasteiger partial charge in [0.2, 0.25) is 0 Å². The molecular weight excluding hydrogens is 306 g/mol. The van der Waals surface area contributed by atoms with Crippen molar-refractivity contribution in [2.75, 3.05) is 6.61 Å². The highest BCUT2D eigenvalue weighted by atomic mass is 19.1. The molecule has 0 aliphatic carbocycles. The number of para-hydroxylation sites is 1. The molecule has 2 amide bonds. The number of carbonyl (C=O) groups excluding carboxylic acids is 2. The fourth-order valence-corrected chi connectivity index (χ4v) is 1.67. The van der Waals surface area contributed by atoms with Gasteiger partial charge in [0, 0.05) is 5.56 Å². The van der Waals surface area contributed by atoms with Crippen molar-refractivity contribution in [2.24, 2.45) is 0 Å². The number of hydrazine groups is 1. The number of hydrogen-bond donors (Lipinski definition) is 2. The predicted octanol–water partition coefficient (Wildman–Crippen LogP) is 2.11. The van der Waals surface area contributed by atoms with Crippen molar-refractivity contribution < 1.29 is 23.1 Å². The normalized spacial score (nSPS) is 10.0. The van der Waals surface area contributed by atoms with E-state index in [9.17, 15) is 18.4 Å². The predicted molar refractivity (Wildman–Crippen MR) is 78.6 cm³/mol. The average molecular weight is 320 g/mol. The topological polar surface area (TPSA) is 67.4 Å². The molecule has 2 aromatic rings. The van der Waals surface area contributed by atoms with Gasteiger partial charge in [0.05, 0.1) is 0 Å². The molecule has 0 heterocycles. The molecule has 0 bridgehead atoms. The van der Waals surface area contributed by atoms with Gasteiger partial charge < -0.3 is 4.74 Å². The van der Waals surface area contributed by atoms with E-state index in [1.807, 2.05) is 0 Å². The average Bonchev–Trinajstić information content (AvgIpc) is 2.54. The Morgan fingerprint density at radius 1 is 1.04 bits per heavy atom. The molecule has 120 valence electrons. The Morgan fingerprint density at radius 3 is 2.48 bits per heavy atom. The zero-order valence-electron chi connectivity index (χ0n) is 12.2. The molecule has 0 unspecified atom stereocenters. The monoisotopic (exact) mass is 320 g/mol. The van der Waals surface area contributed by atoms with E-state index in [1.54, 1.807) is 13.0 Å². The summed E-state index contributed by atoms with van der Waals surface area (Å²) in [5.74, 6) is -2.56. The Morgan fingerprint density at radius 2 is 1.78 bits per heavy atom. The number of benzene rings is 2. The molecule has 2 rings (SSSR count). The van der Waals surface area contributed by atoms with Gasteiger partial charge in [0.25, 0.3) is 11.8 Å². The van der Waals surface area contributed by atoms with Crippen LogP contribution in [0.5, 0.6) is 5.75 Å². The van der Waals surface area contributed by atoms with E-state index in [0.29, 0.717) is 5.56 Å². The van der Waals surface area contributed by atoms with Crippen molar-refractivity contribution in [3.63, 3.8) is 0 Å². The maximum absolute atomic E-state index is 13.4. The molecule has 0 aliphatic heterocycles. The quantitative estimate of drug-likeness (QED) is 0.848. The first-order valence-corrected chi connectivity index (χ1v) is 6.70. The first-order chi connectivity index (χ1) is 11.0. The van der Waals surface area contributed by atoms with Gasteiger partial charge >= 0.3 is 0 Å². The number of aryl methyl sites for hydroxylation is 1. The molecule has 0 spiro atoms. The Balaban J connectivity index is 1.83. The molecular formula is C16H14F2N2O3. The minimum atomic E-state index is -0.686. The summed E-state index contributed by atoms with van der Waals surface area (Å²) >= 11 is 0.